The van der Waals surface area contributed by atoms with Gasteiger partial charge in [-0.15, -0.1) is 0 Å². The Labute approximate surface area is 115 Å². The molecule has 0 bridgehead atoms. The summed E-state index contributed by atoms with van der Waals surface area (Å²) in [5, 5.41) is 3.03. The molecule has 0 atom stereocenters. The molecule has 1 aliphatic carbocycles. The molecule has 1 saturated carbocycles. The van der Waals surface area contributed by atoms with E-state index in [2.05, 4.69) is 24.1 Å². The predicted molar refractivity (Wildman–Crippen MR) is 77.5 cm³/mol. The van der Waals surface area contributed by atoms with Crippen LogP contribution in [0.2, 0.25) is 0 Å². The van der Waals surface area contributed by atoms with Crippen molar-refractivity contribution in [3.63, 3.8) is 0 Å². The summed E-state index contributed by atoms with van der Waals surface area (Å²) in [5.74, 6) is 0.924. The van der Waals surface area contributed by atoms with Gasteiger partial charge >= 0.3 is 0 Å². The fourth-order valence-corrected chi connectivity index (χ4v) is 2.26. The Balaban J connectivity index is 2.25. The third-order valence-electron chi connectivity index (χ3n) is 3.46. The summed E-state index contributed by atoms with van der Waals surface area (Å²) >= 11 is 0. The number of aromatic nitrogens is 1. The average molecular weight is 261 g/mol. The van der Waals surface area contributed by atoms with Crippen LogP contribution in [0.1, 0.15) is 49.2 Å². The number of nitrogens with zero attached hydrogens (tertiary/aromatic N) is 2. The number of nitrogens with one attached hydrogen (secondary N) is 1. The zero-order valence-electron chi connectivity index (χ0n) is 12.1. The SMILES string of the molecule is CCCN(C(=O)c1cc(CC)nc(NC)c1)C1CC1. The van der Waals surface area contributed by atoms with E-state index >= 15 is 0 Å². The van der Waals surface area contributed by atoms with Gasteiger partial charge in [0.15, 0.2) is 0 Å². The minimum atomic E-state index is 0.151. The standard InChI is InChI=1S/C15H23N3O/c1-4-8-18(13-6-7-13)15(19)11-9-12(5-2)17-14(10-11)16-3/h9-10,13H,4-8H2,1-3H3,(H,16,17). The van der Waals surface area contributed by atoms with Crippen LogP contribution in [-0.2, 0) is 6.42 Å². The number of carbonyl (C=O) groups excluding carboxylic acids is 1. The van der Waals surface area contributed by atoms with Gasteiger partial charge in [0.2, 0.25) is 0 Å². The second kappa shape index (κ2) is 6.04. The number of aryl methyl sites for hydroxylation is 1. The van der Waals surface area contributed by atoms with Crippen LogP contribution in [0.4, 0.5) is 5.82 Å². The Kier molecular flexibility index (Phi) is 4.40. The molecule has 19 heavy (non-hydrogen) atoms. The molecule has 1 N–H and O–H groups in total. The van der Waals surface area contributed by atoms with Crippen LogP contribution in [-0.4, -0.2) is 35.4 Å². The lowest BCUT2D eigenvalue weighted by Gasteiger charge is -2.22. The van der Waals surface area contributed by atoms with Crippen LogP contribution in [0.25, 0.3) is 0 Å². The van der Waals surface area contributed by atoms with E-state index in [1.165, 1.54) is 0 Å². The van der Waals surface area contributed by atoms with Crippen molar-refractivity contribution in [2.24, 2.45) is 0 Å². The molecule has 0 radical (unpaired) electrons. The Morgan fingerprint density at radius 2 is 2.16 bits per heavy atom. The van der Waals surface area contributed by atoms with Crippen molar-refractivity contribution in [3.8, 4) is 0 Å². The predicted octanol–water partition coefficient (Wildman–Crippen LogP) is 2.70. The van der Waals surface area contributed by atoms with Crippen molar-refractivity contribution in [2.75, 3.05) is 18.9 Å². The molecule has 1 heterocycles. The first kappa shape index (κ1) is 13.8. The summed E-state index contributed by atoms with van der Waals surface area (Å²) in [5.41, 5.74) is 1.72. The van der Waals surface area contributed by atoms with Crippen molar-refractivity contribution in [3.05, 3.63) is 23.4 Å². The van der Waals surface area contributed by atoms with Gasteiger partial charge in [-0.25, -0.2) is 4.98 Å². The van der Waals surface area contributed by atoms with E-state index in [0.29, 0.717) is 6.04 Å². The quantitative estimate of drug-likeness (QED) is 0.856. The maximum absolute atomic E-state index is 12.6. The molecule has 0 unspecified atom stereocenters. The second-order valence-corrected chi connectivity index (χ2v) is 5.07. The highest BCUT2D eigenvalue weighted by Crippen LogP contribution is 2.28. The smallest absolute Gasteiger partial charge is 0.254 e. The minimum absolute atomic E-state index is 0.151. The van der Waals surface area contributed by atoms with Gasteiger partial charge in [-0.2, -0.15) is 0 Å². The summed E-state index contributed by atoms with van der Waals surface area (Å²) in [6.07, 6.45) is 4.15. The molecule has 0 aliphatic heterocycles. The number of rotatable bonds is 6. The van der Waals surface area contributed by atoms with Crippen molar-refractivity contribution in [1.82, 2.24) is 9.88 Å². The zero-order valence-corrected chi connectivity index (χ0v) is 12.1. The van der Waals surface area contributed by atoms with Crippen LogP contribution >= 0.6 is 0 Å². The first-order valence-electron chi connectivity index (χ1n) is 7.19. The molecule has 0 saturated heterocycles. The Hall–Kier alpha value is -1.58. The normalized spacial score (nSPS) is 14.3. The van der Waals surface area contributed by atoms with E-state index in [-0.39, 0.29) is 5.91 Å². The molecule has 104 valence electrons. The van der Waals surface area contributed by atoms with Gasteiger partial charge in [0.1, 0.15) is 5.82 Å². The molecular weight excluding hydrogens is 238 g/mol. The monoisotopic (exact) mass is 261 g/mol. The Morgan fingerprint density at radius 3 is 2.68 bits per heavy atom. The molecule has 1 amide bonds. The minimum Gasteiger partial charge on any atom is -0.373 e. The van der Waals surface area contributed by atoms with Crippen LogP contribution in [0.3, 0.4) is 0 Å². The van der Waals surface area contributed by atoms with Crippen LogP contribution in [0.5, 0.6) is 0 Å². The van der Waals surface area contributed by atoms with Gasteiger partial charge in [-0.05, 0) is 37.8 Å². The number of pyridine rings is 1. The summed E-state index contributed by atoms with van der Waals surface area (Å²) in [6.45, 7) is 5.02. The van der Waals surface area contributed by atoms with Crippen LogP contribution in [0.15, 0.2) is 12.1 Å². The molecule has 4 nitrogen and oxygen atoms in total. The van der Waals surface area contributed by atoms with E-state index < -0.39 is 0 Å². The highest BCUT2D eigenvalue weighted by Gasteiger charge is 2.32. The lowest BCUT2D eigenvalue weighted by Crippen LogP contribution is -2.34. The topological polar surface area (TPSA) is 45.2 Å². The van der Waals surface area contributed by atoms with Crippen molar-refractivity contribution >= 4 is 11.7 Å². The molecule has 1 aromatic rings. The average Bonchev–Trinajstić information content (AvgIpc) is 3.27. The van der Waals surface area contributed by atoms with Crippen molar-refractivity contribution in [2.45, 2.75) is 45.6 Å². The number of anilines is 1. The molecule has 2 rings (SSSR count). The Bertz CT molecular complexity index is 432. The molecule has 0 aromatic carbocycles. The summed E-state index contributed by atoms with van der Waals surface area (Å²) in [7, 11) is 1.83. The summed E-state index contributed by atoms with van der Waals surface area (Å²) < 4.78 is 0. The van der Waals surface area contributed by atoms with Gasteiger partial charge in [0, 0.05) is 30.9 Å². The van der Waals surface area contributed by atoms with Gasteiger partial charge in [0.05, 0.1) is 0 Å². The first-order chi connectivity index (χ1) is 9.19. The van der Waals surface area contributed by atoms with Crippen molar-refractivity contribution in [1.29, 1.82) is 0 Å². The second-order valence-electron chi connectivity index (χ2n) is 5.07. The first-order valence-corrected chi connectivity index (χ1v) is 7.19. The number of amides is 1. The fourth-order valence-electron chi connectivity index (χ4n) is 2.26. The Morgan fingerprint density at radius 1 is 1.42 bits per heavy atom. The van der Waals surface area contributed by atoms with Crippen LogP contribution in [0, 0.1) is 0 Å². The third kappa shape index (κ3) is 3.25. The van der Waals surface area contributed by atoms with Gasteiger partial charge in [-0.1, -0.05) is 13.8 Å². The fraction of sp³-hybridized carbons (Fsp3) is 0.600. The largest absolute Gasteiger partial charge is 0.373 e. The zero-order chi connectivity index (χ0) is 13.8. The number of hydrogen-bond donors (Lipinski definition) is 1. The van der Waals surface area contributed by atoms with E-state index in [9.17, 15) is 4.79 Å². The van der Waals surface area contributed by atoms with Crippen LogP contribution < -0.4 is 5.32 Å². The molecule has 0 spiro atoms. The van der Waals surface area contributed by atoms with E-state index in [1.807, 2.05) is 24.1 Å². The van der Waals surface area contributed by atoms with E-state index in [1.54, 1.807) is 0 Å². The molecule has 1 fully saturated rings. The maximum atomic E-state index is 12.6. The van der Waals surface area contributed by atoms with Gasteiger partial charge < -0.3 is 10.2 Å². The van der Waals surface area contributed by atoms with E-state index in [0.717, 1.165) is 49.3 Å². The van der Waals surface area contributed by atoms with E-state index in [4.69, 9.17) is 0 Å². The molecule has 1 aromatic heterocycles. The number of hydrogen-bond acceptors (Lipinski definition) is 3. The molecule has 1 aliphatic rings. The molecule has 4 heteroatoms. The summed E-state index contributed by atoms with van der Waals surface area (Å²) in [4.78, 5) is 19.1. The lowest BCUT2D eigenvalue weighted by molar-refractivity contribution is 0.0743. The highest BCUT2D eigenvalue weighted by molar-refractivity contribution is 5.95. The van der Waals surface area contributed by atoms with Crippen molar-refractivity contribution < 1.29 is 4.79 Å². The van der Waals surface area contributed by atoms with Gasteiger partial charge in [0.25, 0.3) is 5.91 Å². The number of carbonyl (C=O) groups is 1. The van der Waals surface area contributed by atoms with Gasteiger partial charge in [-0.3, -0.25) is 4.79 Å². The lowest BCUT2D eigenvalue weighted by atomic mass is 10.1. The highest BCUT2D eigenvalue weighted by atomic mass is 16.2. The summed E-state index contributed by atoms with van der Waals surface area (Å²) in [6, 6.07) is 4.24. The third-order valence-corrected chi connectivity index (χ3v) is 3.46. The maximum Gasteiger partial charge on any atom is 0.254 e. The molecular formula is C15H23N3O.